The lowest BCUT2D eigenvalue weighted by Crippen LogP contribution is -2.25. The van der Waals surface area contributed by atoms with Crippen LogP contribution >= 0.6 is 11.3 Å². The number of nitrogens with one attached hydrogen (secondary N) is 1. The van der Waals surface area contributed by atoms with E-state index >= 15 is 0 Å². The maximum absolute atomic E-state index is 11.9. The summed E-state index contributed by atoms with van der Waals surface area (Å²) in [4.78, 5) is 16.1. The first-order valence-corrected chi connectivity index (χ1v) is 7.49. The maximum atomic E-state index is 11.9. The molecule has 0 bridgehead atoms. The molecule has 0 saturated carbocycles. The molecule has 0 aliphatic carbocycles. The van der Waals surface area contributed by atoms with Crippen molar-refractivity contribution in [2.75, 3.05) is 0 Å². The number of aryl methyl sites for hydroxylation is 2. The third kappa shape index (κ3) is 3.63. The fourth-order valence-electron chi connectivity index (χ4n) is 1.97. The fourth-order valence-corrected chi connectivity index (χ4v) is 2.69. The van der Waals surface area contributed by atoms with Gasteiger partial charge in [0.2, 0.25) is 5.91 Å². The van der Waals surface area contributed by atoms with E-state index in [4.69, 9.17) is 0 Å². The molecular formula is C13H19N5OS. The molecule has 2 aromatic rings. The summed E-state index contributed by atoms with van der Waals surface area (Å²) in [6.07, 6.45) is 4.95. The molecule has 0 radical (unpaired) electrons. The van der Waals surface area contributed by atoms with Crippen LogP contribution in [-0.4, -0.2) is 25.7 Å². The number of hydrogen-bond donors (Lipinski definition) is 1. The number of aromatic nitrogens is 4. The summed E-state index contributed by atoms with van der Waals surface area (Å²) in [6, 6.07) is 0.0955. The van der Waals surface area contributed by atoms with Crippen LogP contribution in [0.1, 0.15) is 42.1 Å². The van der Waals surface area contributed by atoms with Crippen LogP contribution in [0.5, 0.6) is 0 Å². The summed E-state index contributed by atoms with van der Waals surface area (Å²) in [6.45, 7) is 6.43. The molecule has 20 heavy (non-hydrogen) atoms. The number of rotatable bonds is 6. The summed E-state index contributed by atoms with van der Waals surface area (Å²) in [5.74, 6) is 0.931. The van der Waals surface area contributed by atoms with Crippen LogP contribution < -0.4 is 5.32 Å². The first-order valence-electron chi connectivity index (χ1n) is 6.67. The summed E-state index contributed by atoms with van der Waals surface area (Å²) in [5, 5.41) is 12.8. The van der Waals surface area contributed by atoms with Crippen molar-refractivity contribution in [2.24, 2.45) is 0 Å². The standard InChI is InChI=1S/C13H19N5OS/c1-4-12-16-17-13(20-12)8-15-11(19)7-9(2)18-6-5-14-10(18)3/h5-6,9H,4,7-8H2,1-3H3,(H,15,19)/t9-/m0/s1. The molecule has 0 fully saturated rings. The molecule has 108 valence electrons. The van der Waals surface area contributed by atoms with Gasteiger partial charge in [0.15, 0.2) is 0 Å². The van der Waals surface area contributed by atoms with Crippen LogP contribution in [-0.2, 0) is 17.8 Å². The largest absolute Gasteiger partial charge is 0.349 e. The zero-order chi connectivity index (χ0) is 14.5. The molecule has 0 aromatic carbocycles. The van der Waals surface area contributed by atoms with E-state index < -0.39 is 0 Å². The molecule has 0 aliphatic heterocycles. The van der Waals surface area contributed by atoms with E-state index in [0.717, 1.165) is 22.3 Å². The predicted octanol–water partition coefficient (Wildman–Crippen LogP) is 1.87. The highest BCUT2D eigenvalue weighted by molar-refractivity contribution is 7.11. The van der Waals surface area contributed by atoms with Crippen molar-refractivity contribution in [3.05, 3.63) is 28.2 Å². The molecule has 1 N–H and O–H groups in total. The van der Waals surface area contributed by atoms with Gasteiger partial charge in [0, 0.05) is 24.9 Å². The second kappa shape index (κ2) is 6.60. The maximum Gasteiger partial charge on any atom is 0.222 e. The van der Waals surface area contributed by atoms with Crippen molar-refractivity contribution >= 4 is 17.2 Å². The van der Waals surface area contributed by atoms with Gasteiger partial charge < -0.3 is 9.88 Å². The minimum Gasteiger partial charge on any atom is -0.349 e. The Kier molecular flexibility index (Phi) is 4.84. The lowest BCUT2D eigenvalue weighted by Gasteiger charge is -2.14. The number of carbonyl (C=O) groups is 1. The lowest BCUT2D eigenvalue weighted by molar-refractivity contribution is -0.121. The number of nitrogens with zero attached hydrogens (tertiary/aromatic N) is 4. The fraction of sp³-hybridized carbons (Fsp3) is 0.538. The van der Waals surface area contributed by atoms with Gasteiger partial charge >= 0.3 is 0 Å². The number of hydrogen-bond acceptors (Lipinski definition) is 5. The van der Waals surface area contributed by atoms with E-state index in [0.29, 0.717) is 13.0 Å². The molecule has 0 aliphatic rings. The van der Waals surface area contributed by atoms with Crippen molar-refractivity contribution < 1.29 is 4.79 Å². The van der Waals surface area contributed by atoms with Crippen LogP contribution in [0.15, 0.2) is 12.4 Å². The van der Waals surface area contributed by atoms with E-state index in [1.165, 1.54) is 0 Å². The van der Waals surface area contributed by atoms with Crippen molar-refractivity contribution in [3.63, 3.8) is 0 Å². The van der Waals surface area contributed by atoms with Gasteiger partial charge in [-0.25, -0.2) is 4.98 Å². The number of imidazole rings is 1. The van der Waals surface area contributed by atoms with Gasteiger partial charge in [-0.15, -0.1) is 10.2 Å². The van der Waals surface area contributed by atoms with E-state index in [2.05, 4.69) is 20.5 Å². The molecule has 0 spiro atoms. The molecular weight excluding hydrogens is 274 g/mol. The molecule has 2 heterocycles. The quantitative estimate of drug-likeness (QED) is 0.882. The van der Waals surface area contributed by atoms with Gasteiger partial charge in [-0.05, 0) is 20.3 Å². The average Bonchev–Trinajstić information content (AvgIpc) is 3.04. The second-order valence-electron chi connectivity index (χ2n) is 4.65. The van der Waals surface area contributed by atoms with Crippen LogP contribution in [0.25, 0.3) is 0 Å². The van der Waals surface area contributed by atoms with Crippen LogP contribution in [0.2, 0.25) is 0 Å². The number of amides is 1. The molecule has 0 saturated heterocycles. The van der Waals surface area contributed by atoms with Crippen LogP contribution in [0.4, 0.5) is 0 Å². The Labute approximate surface area is 122 Å². The van der Waals surface area contributed by atoms with Crippen molar-refractivity contribution in [1.29, 1.82) is 0 Å². The Hall–Kier alpha value is -1.76. The Morgan fingerprint density at radius 3 is 2.80 bits per heavy atom. The molecule has 1 atom stereocenters. The van der Waals surface area contributed by atoms with Crippen molar-refractivity contribution in [3.8, 4) is 0 Å². The van der Waals surface area contributed by atoms with E-state index in [9.17, 15) is 4.79 Å². The SMILES string of the molecule is CCc1nnc(CNC(=O)C[C@H](C)n2ccnc2C)s1. The lowest BCUT2D eigenvalue weighted by atomic mass is 10.2. The Morgan fingerprint density at radius 2 is 2.20 bits per heavy atom. The van der Waals surface area contributed by atoms with Gasteiger partial charge in [0.05, 0.1) is 6.54 Å². The highest BCUT2D eigenvalue weighted by atomic mass is 32.1. The van der Waals surface area contributed by atoms with Crippen molar-refractivity contribution in [2.45, 2.75) is 46.2 Å². The molecule has 1 amide bonds. The Morgan fingerprint density at radius 1 is 1.45 bits per heavy atom. The number of carbonyl (C=O) groups excluding carboxylic acids is 1. The second-order valence-corrected chi connectivity index (χ2v) is 5.80. The zero-order valence-electron chi connectivity index (χ0n) is 12.0. The third-order valence-electron chi connectivity index (χ3n) is 3.07. The predicted molar refractivity (Wildman–Crippen MR) is 77.4 cm³/mol. The highest BCUT2D eigenvalue weighted by Crippen LogP contribution is 2.13. The minimum atomic E-state index is 0.0128. The summed E-state index contributed by atoms with van der Waals surface area (Å²) in [7, 11) is 0. The first-order chi connectivity index (χ1) is 9.60. The smallest absolute Gasteiger partial charge is 0.222 e. The normalized spacial score (nSPS) is 12.3. The van der Waals surface area contributed by atoms with Gasteiger partial charge in [-0.2, -0.15) is 0 Å². The molecule has 6 nitrogen and oxygen atoms in total. The average molecular weight is 293 g/mol. The van der Waals surface area contributed by atoms with Gasteiger partial charge in [0.1, 0.15) is 15.8 Å². The zero-order valence-corrected chi connectivity index (χ0v) is 12.8. The Bertz CT molecular complexity index is 577. The first kappa shape index (κ1) is 14.6. The van der Waals surface area contributed by atoms with Crippen molar-refractivity contribution in [1.82, 2.24) is 25.1 Å². The summed E-state index contributed by atoms with van der Waals surface area (Å²) in [5.41, 5.74) is 0. The van der Waals surface area contributed by atoms with E-state index in [-0.39, 0.29) is 11.9 Å². The highest BCUT2D eigenvalue weighted by Gasteiger charge is 2.12. The molecule has 7 heteroatoms. The van der Waals surface area contributed by atoms with Gasteiger partial charge in [-0.3, -0.25) is 4.79 Å². The molecule has 2 rings (SSSR count). The summed E-state index contributed by atoms with van der Waals surface area (Å²) >= 11 is 1.54. The third-order valence-corrected chi connectivity index (χ3v) is 4.13. The van der Waals surface area contributed by atoms with E-state index in [1.807, 2.05) is 31.5 Å². The van der Waals surface area contributed by atoms with Crippen LogP contribution in [0.3, 0.4) is 0 Å². The van der Waals surface area contributed by atoms with Crippen LogP contribution in [0, 0.1) is 6.92 Å². The summed E-state index contributed by atoms with van der Waals surface area (Å²) < 4.78 is 2.00. The van der Waals surface area contributed by atoms with E-state index in [1.54, 1.807) is 17.5 Å². The Balaban J connectivity index is 1.82. The van der Waals surface area contributed by atoms with Gasteiger partial charge in [0.25, 0.3) is 0 Å². The monoisotopic (exact) mass is 293 g/mol. The molecule has 0 unspecified atom stereocenters. The van der Waals surface area contributed by atoms with Gasteiger partial charge in [-0.1, -0.05) is 18.3 Å². The topological polar surface area (TPSA) is 72.7 Å². The molecule has 2 aromatic heterocycles. The minimum absolute atomic E-state index is 0.0128.